The molecule has 0 saturated carbocycles. The van der Waals surface area contributed by atoms with Crippen molar-refractivity contribution in [2.24, 2.45) is 5.73 Å². The highest BCUT2D eigenvalue weighted by atomic mass is 32.1. The maximum absolute atomic E-state index is 11.8. The Morgan fingerprint density at radius 1 is 1.12 bits per heavy atom. The van der Waals surface area contributed by atoms with Gasteiger partial charge >= 0.3 is 0 Å². The molecule has 9 heteroatoms. The first kappa shape index (κ1) is 18.2. The molecule has 6 N–H and O–H groups in total. The molecule has 0 saturated heterocycles. The number of fused-ring (bicyclic) bond motifs is 1. The van der Waals surface area contributed by atoms with Gasteiger partial charge in [0.25, 0.3) is 5.91 Å². The van der Waals surface area contributed by atoms with Crippen molar-refractivity contribution in [3.63, 3.8) is 0 Å². The number of rotatable bonds is 7. The van der Waals surface area contributed by atoms with Gasteiger partial charge in [-0.3, -0.25) is 4.79 Å². The number of benzene rings is 1. The lowest BCUT2D eigenvalue weighted by Gasteiger charge is -2.30. The lowest BCUT2D eigenvalue weighted by atomic mass is 10.0. The van der Waals surface area contributed by atoms with E-state index in [1.165, 1.54) is 11.3 Å². The Morgan fingerprint density at radius 2 is 1.85 bits per heavy atom. The van der Waals surface area contributed by atoms with E-state index in [0.29, 0.717) is 16.7 Å². The van der Waals surface area contributed by atoms with Crippen LogP contribution in [0.2, 0.25) is 0 Å². The first-order valence-corrected chi connectivity index (χ1v) is 8.67. The van der Waals surface area contributed by atoms with Gasteiger partial charge in [0.15, 0.2) is 5.82 Å². The number of aliphatic hydroxyl groups excluding tert-OH is 3. The summed E-state index contributed by atoms with van der Waals surface area (Å²) in [4.78, 5) is 21.5. The van der Waals surface area contributed by atoms with Crippen molar-refractivity contribution >= 4 is 34.0 Å². The van der Waals surface area contributed by atoms with Gasteiger partial charge in [-0.15, -0.1) is 11.3 Å². The number of para-hydroxylation sites is 1. The summed E-state index contributed by atoms with van der Waals surface area (Å²) in [6.07, 6.45) is 0. The van der Waals surface area contributed by atoms with Gasteiger partial charge in [0.2, 0.25) is 0 Å². The molecule has 2 aromatic heterocycles. The van der Waals surface area contributed by atoms with Crippen LogP contribution in [0.15, 0.2) is 35.7 Å². The number of carbonyl (C=O) groups excluding carboxylic acids is 1. The molecule has 3 aromatic rings. The number of hydrogen-bond donors (Lipinski definition) is 5. The number of aliphatic hydroxyl groups is 3. The second-order valence-electron chi connectivity index (χ2n) is 5.82. The smallest absolute Gasteiger partial charge is 0.250 e. The Morgan fingerprint density at radius 3 is 2.42 bits per heavy atom. The van der Waals surface area contributed by atoms with E-state index >= 15 is 0 Å². The minimum absolute atomic E-state index is 0.230. The van der Waals surface area contributed by atoms with Gasteiger partial charge in [0.05, 0.1) is 35.8 Å². The molecule has 1 aromatic carbocycles. The Hall–Kier alpha value is -2.59. The molecule has 8 nitrogen and oxygen atoms in total. The summed E-state index contributed by atoms with van der Waals surface area (Å²) in [6, 6.07) is 8.58. The normalized spacial score (nSPS) is 11.7. The number of nitrogens with one attached hydrogen (secondary N) is 1. The Labute approximate surface area is 153 Å². The number of amides is 1. The monoisotopic (exact) mass is 374 g/mol. The van der Waals surface area contributed by atoms with E-state index in [9.17, 15) is 20.1 Å². The first-order valence-electron chi connectivity index (χ1n) is 7.79. The van der Waals surface area contributed by atoms with Gasteiger partial charge < -0.3 is 26.4 Å². The number of primary amides is 1. The second kappa shape index (κ2) is 7.34. The van der Waals surface area contributed by atoms with Crippen molar-refractivity contribution in [2.75, 3.05) is 25.1 Å². The summed E-state index contributed by atoms with van der Waals surface area (Å²) in [7, 11) is 0. The summed E-state index contributed by atoms with van der Waals surface area (Å²) in [5.41, 5.74) is 4.67. The Kier molecular flexibility index (Phi) is 5.14. The molecule has 0 fully saturated rings. The highest BCUT2D eigenvalue weighted by Crippen LogP contribution is 2.30. The van der Waals surface area contributed by atoms with Crippen LogP contribution >= 0.6 is 11.3 Å². The van der Waals surface area contributed by atoms with E-state index in [-0.39, 0.29) is 11.4 Å². The van der Waals surface area contributed by atoms with Gasteiger partial charge in [-0.1, -0.05) is 12.1 Å². The van der Waals surface area contributed by atoms with Crippen LogP contribution < -0.4 is 11.1 Å². The van der Waals surface area contributed by atoms with Crippen molar-refractivity contribution in [1.82, 2.24) is 9.97 Å². The van der Waals surface area contributed by atoms with E-state index in [1.54, 1.807) is 18.2 Å². The van der Waals surface area contributed by atoms with E-state index in [2.05, 4.69) is 15.3 Å². The van der Waals surface area contributed by atoms with Crippen LogP contribution in [0.25, 0.3) is 21.6 Å². The predicted molar refractivity (Wildman–Crippen MR) is 99.0 cm³/mol. The highest BCUT2D eigenvalue weighted by molar-refractivity contribution is 7.13. The molecular weight excluding hydrogens is 356 g/mol. The van der Waals surface area contributed by atoms with Crippen molar-refractivity contribution in [3.8, 4) is 10.7 Å². The lowest BCUT2D eigenvalue weighted by Crippen LogP contribution is -2.49. The van der Waals surface area contributed by atoms with Gasteiger partial charge in [-0.2, -0.15) is 0 Å². The molecule has 0 bridgehead atoms. The van der Waals surface area contributed by atoms with Crippen molar-refractivity contribution in [2.45, 2.75) is 5.54 Å². The average Bonchev–Trinajstić information content (AvgIpc) is 3.20. The number of anilines is 1. The lowest BCUT2D eigenvalue weighted by molar-refractivity contribution is 0.0832. The number of thiophene rings is 1. The molecule has 0 aliphatic heterocycles. The molecule has 0 radical (unpaired) electrons. The number of nitrogens with two attached hydrogens (primary N) is 1. The van der Waals surface area contributed by atoms with Crippen LogP contribution in [-0.4, -0.2) is 56.6 Å². The zero-order valence-corrected chi connectivity index (χ0v) is 14.5. The van der Waals surface area contributed by atoms with Crippen LogP contribution in [0.3, 0.4) is 0 Å². The Bertz CT molecular complexity index is 918. The minimum atomic E-state index is -1.38. The zero-order valence-electron chi connectivity index (χ0n) is 13.7. The van der Waals surface area contributed by atoms with Crippen LogP contribution in [0.1, 0.15) is 10.4 Å². The minimum Gasteiger partial charge on any atom is -0.394 e. The van der Waals surface area contributed by atoms with Gasteiger partial charge in [-0.05, 0) is 23.6 Å². The van der Waals surface area contributed by atoms with E-state index in [0.717, 1.165) is 4.88 Å². The number of aromatic nitrogens is 2. The fourth-order valence-electron chi connectivity index (χ4n) is 2.48. The van der Waals surface area contributed by atoms with Gasteiger partial charge in [0.1, 0.15) is 11.4 Å². The number of nitrogens with zero attached hydrogens (tertiary/aromatic N) is 2. The fourth-order valence-corrected chi connectivity index (χ4v) is 3.14. The summed E-state index contributed by atoms with van der Waals surface area (Å²) in [6.45, 7) is -1.56. The number of carbonyl (C=O) groups is 1. The molecule has 0 atom stereocenters. The zero-order chi connectivity index (χ0) is 18.7. The van der Waals surface area contributed by atoms with E-state index in [1.807, 2.05) is 17.5 Å². The first-order chi connectivity index (χ1) is 12.5. The molecular formula is C17H18N4O4S. The molecule has 2 heterocycles. The average molecular weight is 374 g/mol. The van der Waals surface area contributed by atoms with E-state index < -0.39 is 31.3 Å². The molecule has 0 aliphatic rings. The molecule has 3 rings (SSSR count). The topological polar surface area (TPSA) is 142 Å². The van der Waals surface area contributed by atoms with Crippen LogP contribution in [-0.2, 0) is 0 Å². The van der Waals surface area contributed by atoms with Gasteiger partial charge in [-0.25, -0.2) is 9.97 Å². The SMILES string of the molecule is NC(=O)c1cccc2c(NC(CO)(CO)CO)nc(-c3cccs3)nc12. The summed E-state index contributed by atoms with van der Waals surface area (Å²) < 4.78 is 0. The fraction of sp³-hybridized carbons (Fsp3) is 0.235. The molecule has 136 valence electrons. The predicted octanol–water partition coefficient (Wildman–Crippen LogP) is 0.585. The number of hydrogen-bond acceptors (Lipinski definition) is 8. The molecule has 0 unspecified atom stereocenters. The van der Waals surface area contributed by atoms with Crippen molar-refractivity contribution in [1.29, 1.82) is 0 Å². The summed E-state index contributed by atoms with van der Waals surface area (Å²) in [5, 5.41) is 34.1. The van der Waals surface area contributed by atoms with Crippen LogP contribution in [0.4, 0.5) is 5.82 Å². The third-order valence-corrected chi connectivity index (χ3v) is 4.89. The summed E-state index contributed by atoms with van der Waals surface area (Å²) in [5.74, 6) is 0.0141. The Balaban J connectivity index is 2.26. The molecule has 0 aliphatic carbocycles. The van der Waals surface area contributed by atoms with E-state index in [4.69, 9.17) is 5.73 Å². The quantitative estimate of drug-likeness (QED) is 0.407. The van der Waals surface area contributed by atoms with Crippen molar-refractivity contribution in [3.05, 3.63) is 41.3 Å². The van der Waals surface area contributed by atoms with Crippen LogP contribution in [0, 0.1) is 0 Å². The third-order valence-electron chi connectivity index (χ3n) is 4.03. The van der Waals surface area contributed by atoms with Crippen molar-refractivity contribution < 1.29 is 20.1 Å². The van der Waals surface area contributed by atoms with Gasteiger partial charge in [0, 0.05) is 5.39 Å². The third kappa shape index (κ3) is 3.25. The standard InChI is InChI=1S/C17H18N4O4S/c18-14(25)10-3-1-4-11-13(10)19-16(12-5-2-6-26-12)20-15(11)21-17(7-22,8-23)9-24/h1-6,22-24H,7-9H2,(H2,18,25)(H,19,20,21). The largest absolute Gasteiger partial charge is 0.394 e. The highest BCUT2D eigenvalue weighted by Gasteiger charge is 2.29. The second-order valence-corrected chi connectivity index (χ2v) is 6.77. The maximum Gasteiger partial charge on any atom is 0.250 e. The molecule has 1 amide bonds. The molecule has 0 spiro atoms. The molecule has 26 heavy (non-hydrogen) atoms. The maximum atomic E-state index is 11.8. The summed E-state index contributed by atoms with van der Waals surface area (Å²) >= 11 is 1.43. The van der Waals surface area contributed by atoms with Crippen LogP contribution in [0.5, 0.6) is 0 Å².